The van der Waals surface area contributed by atoms with E-state index in [9.17, 15) is 28.8 Å². The second-order valence-corrected chi connectivity index (χ2v) is 29.5. The molecule has 0 unspecified atom stereocenters. The highest BCUT2D eigenvalue weighted by Crippen LogP contribution is 2.34. The van der Waals surface area contributed by atoms with Crippen molar-refractivity contribution in [3.05, 3.63) is 0 Å². The summed E-state index contributed by atoms with van der Waals surface area (Å²) in [6.07, 6.45) is 0.418. The fourth-order valence-corrected chi connectivity index (χ4v) is 13.0. The van der Waals surface area contributed by atoms with E-state index in [0.717, 1.165) is 36.0 Å². The van der Waals surface area contributed by atoms with E-state index < -0.39 is 168 Å². The van der Waals surface area contributed by atoms with Gasteiger partial charge in [-0.3, -0.25) is 62.5 Å². The number of nitrogens with zero attached hydrogens (tertiary/aromatic N) is 8. The summed E-state index contributed by atoms with van der Waals surface area (Å²) in [7, 11) is 8.57. The van der Waals surface area contributed by atoms with Gasteiger partial charge in [-0.1, -0.05) is 83.1 Å². The van der Waals surface area contributed by atoms with E-state index in [1.54, 1.807) is 48.5 Å². The largest absolute Gasteiger partial charge is 0.508 e. The van der Waals surface area contributed by atoms with Crippen LogP contribution in [0.2, 0.25) is 0 Å². The molecule has 0 saturated carbocycles. The number of carbonyl (C=O) groups is 12. The fourth-order valence-electron chi connectivity index (χ4n) is 13.0. The van der Waals surface area contributed by atoms with Crippen molar-refractivity contribution in [1.82, 2.24) is 60.6 Å². The predicted molar refractivity (Wildman–Crippen MR) is 376 cm³/mol. The zero-order valence-corrected chi connectivity index (χ0v) is 64.5. The van der Waals surface area contributed by atoms with Crippen molar-refractivity contribution in [2.45, 2.75) is 254 Å². The van der Waals surface area contributed by atoms with Gasteiger partial charge < -0.3 is 69.6 Å². The van der Waals surface area contributed by atoms with Crippen molar-refractivity contribution < 1.29 is 81.3 Å². The summed E-state index contributed by atoms with van der Waals surface area (Å²) in [5.74, 6) is -9.78. The Hall–Kier alpha value is -6.72. The Bertz CT molecular complexity index is 2730. The van der Waals surface area contributed by atoms with Crippen LogP contribution in [0, 0.1) is 35.5 Å². The Balaban J connectivity index is 2.29. The molecule has 14 atom stereocenters. The van der Waals surface area contributed by atoms with E-state index in [4.69, 9.17) is 23.8 Å². The SMILES string of the molecule is CCOC(=O)OCCCC[C@@H](C)[C@H]1ON2C(=O)[C@H](C(C)C)N(C)C(=O)[C@H](CC(C)C)N(C)C(=O)[C@H](CC(C)C)N(C)C(=O)[C@@H](C)NC(=O)[C@H](C)NC(=O)[C@H](CC(C)C)N(C)C(=O)[C@H](C(C)C)NC(=O)[C@H]([C@@H](C)OCCCCN3CCOCC3)N(C)C(=O)[C@@H](C)N(C)C(=O)[C@H](CC)NC(=O)[C@H]12. The average Bonchev–Trinajstić information content (AvgIpc) is 0.756. The van der Waals surface area contributed by atoms with Gasteiger partial charge in [-0.2, -0.15) is 0 Å². The van der Waals surface area contributed by atoms with Gasteiger partial charge in [0.1, 0.15) is 66.5 Å². The molecule has 0 bridgehead atoms. The summed E-state index contributed by atoms with van der Waals surface area (Å²) in [5, 5.41) is 12.1. The summed E-state index contributed by atoms with van der Waals surface area (Å²) in [5.41, 5.74) is 0. The molecule has 3 saturated heterocycles. The molecule has 3 rings (SSSR count). The minimum Gasteiger partial charge on any atom is -0.435 e. The second-order valence-electron chi connectivity index (χ2n) is 29.5. The van der Waals surface area contributed by atoms with Crippen LogP contribution in [0.5, 0.6) is 0 Å². The van der Waals surface area contributed by atoms with Gasteiger partial charge in [-0.25, -0.2) is 9.86 Å². The number of hydroxylamine groups is 2. The van der Waals surface area contributed by atoms with Crippen LogP contribution in [-0.4, -0.2) is 284 Å². The van der Waals surface area contributed by atoms with E-state index in [2.05, 4.69) is 26.2 Å². The first-order valence-electron chi connectivity index (χ1n) is 36.3. The fraction of sp³-hybridized carbons (Fsp3) is 0.831. The zero-order chi connectivity index (χ0) is 75.9. The minimum atomic E-state index is -1.40. The number of ether oxygens (including phenoxy) is 4. The number of hydrogen-bond donors (Lipinski definition) is 4. The third kappa shape index (κ3) is 24.5. The number of nitrogens with one attached hydrogen (secondary N) is 4. The highest BCUT2D eigenvalue weighted by Gasteiger charge is 2.55. The van der Waals surface area contributed by atoms with Gasteiger partial charge in [0.15, 0.2) is 6.04 Å². The smallest absolute Gasteiger partial charge is 0.435 e. The molecule has 11 amide bonds. The third-order valence-electron chi connectivity index (χ3n) is 19.3. The molecule has 0 aromatic carbocycles. The Morgan fingerprint density at radius 3 is 1.56 bits per heavy atom. The van der Waals surface area contributed by atoms with Crippen LogP contribution < -0.4 is 21.3 Å². The number of amides is 11. The van der Waals surface area contributed by atoms with E-state index in [1.165, 1.54) is 87.6 Å². The molecule has 0 aromatic rings. The Morgan fingerprint density at radius 2 is 1.02 bits per heavy atom. The Kier molecular flexibility index (Phi) is 36.2. The van der Waals surface area contributed by atoms with Crippen LogP contribution in [0.3, 0.4) is 0 Å². The van der Waals surface area contributed by atoms with Crippen molar-refractivity contribution in [3.8, 4) is 0 Å². The van der Waals surface area contributed by atoms with E-state index in [-0.39, 0.29) is 63.3 Å². The molecule has 3 heterocycles. The topological polar surface area (TPSA) is 325 Å². The number of likely N-dealkylation sites (N-methyl/N-ethyl adjacent to an activating group) is 6. The lowest BCUT2D eigenvalue weighted by Crippen LogP contribution is -2.72. The molecule has 0 aliphatic carbocycles. The maximum Gasteiger partial charge on any atom is 0.508 e. The quantitative estimate of drug-likeness (QED) is 0.0834. The molecule has 3 aliphatic rings. The third-order valence-corrected chi connectivity index (χ3v) is 19.3. The van der Waals surface area contributed by atoms with Crippen molar-refractivity contribution in [1.29, 1.82) is 0 Å². The lowest BCUT2D eigenvalue weighted by atomic mass is 9.88. The van der Waals surface area contributed by atoms with Crippen LogP contribution in [-0.2, 0) is 76.5 Å². The highest BCUT2D eigenvalue weighted by atomic mass is 16.7. The van der Waals surface area contributed by atoms with Crippen molar-refractivity contribution in [2.24, 2.45) is 35.5 Å². The summed E-state index contributed by atoms with van der Waals surface area (Å²) in [6.45, 7) is 33.3. The molecule has 3 aliphatic heterocycles. The van der Waals surface area contributed by atoms with Gasteiger partial charge in [0, 0.05) is 62.0 Å². The molecule has 3 fully saturated rings. The highest BCUT2D eigenvalue weighted by molar-refractivity contribution is 6.00. The minimum absolute atomic E-state index is 0.0123. The number of morpholine rings is 1. The van der Waals surface area contributed by atoms with Gasteiger partial charge in [0.05, 0.1) is 32.5 Å². The lowest BCUT2D eigenvalue weighted by molar-refractivity contribution is -0.322. The molecule has 4 N–H and O–H groups in total. The first-order valence-corrected chi connectivity index (χ1v) is 36.3. The summed E-state index contributed by atoms with van der Waals surface area (Å²) in [4.78, 5) is 192. The number of rotatable bonds is 23. The number of carbonyl (C=O) groups excluding carboxylic acids is 12. The summed E-state index contributed by atoms with van der Waals surface area (Å²) < 4.78 is 21.9. The monoisotopic (exact) mass is 1420 g/mol. The van der Waals surface area contributed by atoms with E-state index >= 15 is 28.8 Å². The van der Waals surface area contributed by atoms with Gasteiger partial charge in [-0.05, 0) is 134 Å². The van der Waals surface area contributed by atoms with Crippen LogP contribution in [0.25, 0.3) is 0 Å². The normalized spacial score (nSPS) is 27.4. The first kappa shape index (κ1) is 87.5. The number of unbranched alkanes of at least 4 members (excludes halogenated alkanes) is 2. The summed E-state index contributed by atoms with van der Waals surface area (Å²) >= 11 is 0. The molecule has 0 radical (unpaired) electrons. The molecule has 0 aromatic heterocycles. The van der Waals surface area contributed by atoms with Gasteiger partial charge >= 0.3 is 6.16 Å². The number of hydrogen-bond acceptors (Lipinski definition) is 18. The molecular formula is C71H126N12O17. The molecular weight excluding hydrogens is 1290 g/mol. The van der Waals surface area contributed by atoms with Gasteiger partial charge in [-0.15, -0.1) is 0 Å². The first-order chi connectivity index (χ1) is 46.8. The Labute approximate surface area is 595 Å². The van der Waals surface area contributed by atoms with Crippen LogP contribution in [0.15, 0.2) is 0 Å². The van der Waals surface area contributed by atoms with Crippen molar-refractivity contribution >= 4 is 71.1 Å². The molecule has 572 valence electrons. The van der Waals surface area contributed by atoms with Crippen LogP contribution >= 0.6 is 0 Å². The van der Waals surface area contributed by atoms with Crippen LogP contribution in [0.1, 0.15) is 175 Å². The molecule has 29 heteroatoms. The zero-order valence-electron chi connectivity index (χ0n) is 64.5. The standard InChI is InChI=1S/C71H126N12O17/c1-24-51-66(90)76(18)49(16)65(89)81(23)57(50(17)98-34-29-27-31-82-32-36-96-37-33-82)62(86)75-55(44(9)10)69(93)77(19)52(38-41(3)4)61(85)72-47(14)60(84)73-48(15)64(88)78(20)53(39-42(5)6)67(91)79(21)54(40-43(7)8)68(92)80(22)56(45(11)12)70(94)83-58(63(87)74-51)59(100-83)46(13)30-26-28-35-99-71(95)97-25-2/h41-59H,24-40H2,1-23H3,(H,72,85)(H,73,84)(H,74,87)(H,75,86)/t46-,47+,48-,49-,50-,51+,52+,53+,54+,55+,56+,57+,58+,59-/m1/s1. The molecule has 0 spiro atoms. The van der Waals surface area contributed by atoms with E-state index in [1.807, 2.05) is 48.5 Å². The molecule has 100 heavy (non-hydrogen) atoms. The average molecular weight is 1420 g/mol. The Morgan fingerprint density at radius 1 is 0.500 bits per heavy atom. The number of fused-ring (bicyclic) bond motifs is 1. The lowest BCUT2D eigenvalue weighted by Gasteiger charge is -2.50. The van der Waals surface area contributed by atoms with Gasteiger partial charge in [0.2, 0.25) is 59.1 Å². The van der Waals surface area contributed by atoms with Crippen LogP contribution in [0.4, 0.5) is 4.79 Å². The van der Waals surface area contributed by atoms with Crippen molar-refractivity contribution in [2.75, 3.05) is 95.0 Å². The van der Waals surface area contributed by atoms with Gasteiger partial charge in [0.25, 0.3) is 5.91 Å². The second kappa shape index (κ2) is 41.4. The summed E-state index contributed by atoms with van der Waals surface area (Å²) in [6, 6.07) is -13.9. The van der Waals surface area contributed by atoms with E-state index in [0.29, 0.717) is 38.9 Å². The maximum atomic E-state index is 15.3. The maximum absolute atomic E-state index is 15.3. The van der Waals surface area contributed by atoms with Crippen molar-refractivity contribution in [3.63, 3.8) is 0 Å². The predicted octanol–water partition coefficient (Wildman–Crippen LogP) is 3.83. The molecule has 29 nitrogen and oxygen atoms in total.